The number of nitrogens with zero attached hydrogens (tertiary/aromatic N) is 4. The summed E-state index contributed by atoms with van der Waals surface area (Å²) in [7, 11) is -4.55. The van der Waals surface area contributed by atoms with Crippen LogP contribution in [0.5, 0.6) is 5.88 Å². The molecule has 0 radical (unpaired) electrons. The van der Waals surface area contributed by atoms with Gasteiger partial charge in [0.05, 0.1) is 28.7 Å². The number of aromatic nitrogens is 3. The van der Waals surface area contributed by atoms with Crippen molar-refractivity contribution >= 4 is 9.84 Å². The number of nitriles is 1. The van der Waals surface area contributed by atoms with Crippen molar-refractivity contribution in [2.24, 2.45) is 5.92 Å². The highest BCUT2D eigenvalue weighted by Crippen LogP contribution is 2.46. The number of hydrogen-bond donors (Lipinski definition) is 1. The highest BCUT2D eigenvalue weighted by Gasteiger charge is 2.39. The highest BCUT2D eigenvalue weighted by atomic mass is 32.2. The summed E-state index contributed by atoms with van der Waals surface area (Å²) in [5.41, 5.74) is 1.38. The Labute approximate surface area is 242 Å². The van der Waals surface area contributed by atoms with Crippen molar-refractivity contribution in [3.05, 3.63) is 99.6 Å². The molecule has 1 fully saturated rings. The molecule has 0 saturated heterocycles. The van der Waals surface area contributed by atoms with Crippen molar-refractivity contribution < 1.29 is 22.7 Å². The fourth-order valence-electron chi connectivity index (χ4n) is 5.01. The van der Waals surface area contributed by atoms with Gasteiger partial charge in [-0.05, 0) is 86.6 Å². The molecule has 216 valence electrons. The maximum Gasteiger partial charge on any atom is 0.296 e. The van der Waals surface area contributed by atoms with E-state index in [9.17, 15) is 28.0 Å². The number of rotatable bonds is 9. The molecule has 5 rings (SSSR count). The van der Waals surface area contributed by atoms with Crippen molar-refractivity contribution in [1.29, 1.82) is 5.26 Å². The molecule has 2 aromatic carbocycles. The molecule has 9 nitrogen and oxygen atoms in total. The van der Waals surface area contributed by atoms with Crippen molar-refractivity contribution in [3.63, 3.8) is 0 Å². The number of halogens is 1. The van der Waals surface area contributed by atoms with Gasteiger partial charge in [-0.15, -0.1) is 0 Å². The van der Waals surface area contributed by atoms with Crippen LogP contribution in [0.1, 0.15) is 55.2 Å². The summed E-state index contributed by atoms with van der Waals surface area (Å²) >= 11 is 0. The maximum absolute atomic E-state index is 14.0. The van der Waals surface area contributed by atoms with E-state index in [-0.39, 0.29) is 29.3 Å². The molecule has 2 aromatic heterocycles. The minimum Gasteiger partial charge on any atom is -0.493 e. The molecule has 0 spiro atoms. The average molecular weight is 589 g/mol. The SMILES string of the molecule is Cc1c(-c2ccc(S(=O)(=O)c3c(O)n(C(c4cccc(C#N)c4)C4CC4)c(COC(C)C)nc3=O)cc2)ccnc1F. The molecule has 0 aliphatic heterocycles. The zero-order chi connectivity index (χ0) is 30.2. The second-order valence-electron chi connectivity index (χ2n) is 10.5. The maximum atomic E-state index is 14.0. The quantitative estimate of drug-likeness (QED) is 0.267. The van der Waals surface area contributed by atoms with E-state index in [1.54, 1.807) is 51.1 Å². The fourth-order valence-corrected chi connectivity index (χ4v) is 6.35. The lowest BCUT2D eigenvalue weighted by atomic mass is 9.99. The number of aromatic hydroxyl groups is 1. The third-order valence-electron chi connectivity index (χ3n) is 7.27. The van der Waals surface area contributed by atoms with E-state index in [0.29, 0.717) is 27.8 Å². The zero-order valence-corrected chi connectivity index (χ0v) is 24.1. The van der Waals surface area contributed by atoms with Crippen molar-refractivity contribution in [1.82, 2.24) is 14.5 Å². The molecule has 11 heteroatoms. The summed E-state index contributed by atoms with van der Waals surface area (Å²) in [6.07, 6.45) is 2.70. The lowest BCUT2D eigenvalue weighted by Gasteiger charge is -2.26. The van der Waals surface area contributed by atoms with Gasteiger partial charge < -0.3 is 9.84 Å². The van der Waals surface area contributed by atoms with Gasteiger partial charge in [0.2, 0.25) is 21.7 Å². The van der Waals surface area contributed by atoms with E-state index in [1.807, 2.05) is 0 Å². The van der Waals surface area contributed by atoms with Gasteiger partial charge in [-0.25, -0.2) is 13.4 Å². The Balaban J connectivity index is 1.66. The minimum atomic E-state index is -4.55. The van der Waals surface area contributed by atoms with E-state index in [1.165, 1.54) is 35.0 Å². The number of sulfone groups is 1. The predicted molar refractivity (Wildman–Crippen MR) is 152 cm³/mol. The molecule has 0 bridgehead atoms. The van der Waals surface area contributed by atoms with E-state index >= 15 is 0 Å². The van der Waals surface area contributed by atoms with Gasteiger partial charge in [-0.3, -0.25) is 9.36 Å². The minimum absolute atomic E-state index is 0.0192. The van der Waals surface area contributed by atoms with Crippen LogP contribution in [0.4, 0.5) is 4.39 Å². The molecule has 42 heavy (non-hydrogen) atoms. The summed E-state index contributed by atoms with van der Waals surface area (Å²) < 4.78 is 48.8. The van der Waals surface area contributed by atoms with Crippen LogP contribution >= 0.6 is 0 Å². The molecule has 1 aliphatic carbocycles. The second kappa shape index (κ2) is 11.5. The first kappa shape index (κ1) is 29.1. The van der Waals surface area contributed by atoms with Crippen LogP contribution < -0.4 is 5.56 Å². The normalized spacial score (nSPS) is 14.1. The fraction of sp³-hybridized carbons (Fsp3) is 0.290. The van der Waals surface area contributed by atoms with E-state index in [4.69, 9.17) is 4.74 Å². The second-order valence-corrected chi connectivity index (χ2v) is 12.4. The van der Waals surface area contributed by atoms with Crippen molar-refractivity contribution in [2.45, 2.75) is 62.2 Å². The van der Waals surface area contributed by atoms with Gasteiger partial charge in [0.15, 0.2) is 4.90 Å². The Hall–Kier alpha value is -4.40. The van der Waals surface area contributed by atoms with E-state index < -0.39 is 38.2 Å². The lowest BCUT2D eigenvalue weighted by Crippen LogP contribution is -2.29. The Morgan fingerprint density at radius 2 is 1.88 bits per heavy atom. The van der Waals surface area contributed by atoms with Gasteiger partial charge in [0, 0.05) is 11.8 Å². The Bertz CT molecular complexity index is 1860. The van der Waals surface area contributed by atoms with E-state index in [0.717, 1.165) is 12.8 Å². The third kappa shape index (κ3) is 5.55. The third-order valence-corrected chi connectivity index (χ3v) is 9.06. The number of pyridine rings is 1. The van der Waals surface area contributed by atoms with Crippen molar-refractivity contribution in [2.75, 3.05) is 0 Å². The smallest absolute Gasteiger partial charge is 0.296 e. The van der Waals surface area contributed by atoms with Gasteiger partial charge in [-0.1, -0.05) is 24.3 Å². The molecule has 1 unspecified atom stereocenters. The molecule has 1 saturated carbocycles. The molecular formula is C31H29FN4O5S. The standard InChI is InChI=1S/C31H29FN4O5S/c1-18(2)41-17-26-35-30(37)28(31(38)36(26)27(22-7-8-22)23-6-4-5-20(15-23)16-33)42(39,40)24-11-9-21(10-12-24)25-13-14-34-29(32)19(25)3/h4-6,9-15,18,22,27,38H,7-8,17H2,1-3H3. The molecular weight excluding hydrogens is 559 g/mol. The average Bonchev–Trinajstić information content (AvgIpc) is 3.80. The monoisotopic (exact) mass is 588 g/mol. The van der Waals surface area contributed by atoms with Crippen LogP contribution in [-0.4, -0.2) is 34.2 Å². The predicted octanol–water partition coefficient (Wildman–Crippen LogP) is 5.09. The summed E-state index contributed by atoms with van der Waals surface area (Å²) in [4.78, 5) is 19.9. The number of hydrogen-bond acceptors (Lipinski definition) is 8. The summed E-state index contributed by atoms with van der Waals surface area (Å²) in [6.45, 7) is 5.04. The lowest BCUT2D eigenvalue weighted by molar-refractivity contribution is 0.0568. The first-order valence-electron chi connectivity index (χ1n) is 13.5. The van der Waals surface area contributed by atoms with E-state index in [2.05, 4.69) is 16.0 Å². The van der Waals surface area contributed by atoms with Gasteiger partial charge in [0.25, 0.3) is 5.56 Å². The van der Waals surface area contributed by atoms with Crippen molar-refractivity contribution in [3.8, 4) is 23.1 Å². The molecule has 1 atom stereocenters. The largest absolute Gasteiger partial charge is 0.493 e. The van der Waals surface area contributed by atoms with Crippen LogP contribution in [0.15, 0.2) is 75.4 Å². The Morgan fingerprint density at radius 3 is 2.52 bits per heavy atom. The molecule has 1 aliphatic rings. The van der Waals surface area contributed by atoms with Crippen LogP contribution in [0.25, 0.3) is 11.1 Å². The van der Waals surface area contributed by atoms with Crippen LogP contribution in [0.3, 0.4) is 0 Å². The van der Waals surface area contributed by atoms with Crippen LogP contribution in [0.2, 0.25) is 0 Å². The van der Waals surface area contributed by atoms with Gasteiger partial charge in [-0.2, -0.15) is 14.6 Å². The first-order valence-corrected chi connectivity index (χ1v) is 14.9. The highest BCUT2D eigenvalue weighted by molar-refractivity contribution is 7.91. The zero-order valence-electron chi connectivity index (χ0n) is 23.3. The molecule has 0 amide bonds. The van der Waals surface area contributed by atoms with Gasteiger partial charge >= 0.3 is 0 Å². The first-order chi connectivity index (χ1) is 20.0. The topological polar surface area (TPSA) is 135 Å². The molecule has 4 aromatic rings. The van der Waals surface area contributed by atoms with Gasteiger partial charge in [0.1, 0.15) is 12.4 Å². The summed E-state index contributed by atoms with van der Waals surface area (Å²) in [6, 6.07) is 15.6. The number of ether oxygens (including phenoxy) is 1. The van der Waals surface area contributed by atoms with Crippen LogP contribution in [0, 0.1) is 30.1 Å². The Morgan fingerprint density at radius 1 is 1.17 bits per heavy atom. The van der Waals surface area contributed by atoms with Crippen LogP contribution in [-0.2, 0) is 21.2 Å². The summed E-state index contributed by atoms with van der Waals surface area (Å²) in [5, 5.41) is 21.1. The molecule has 1 N–H and O–H groups in total. The number of benzene rings is 2. The summed E-state index contributed by atoms with van der Waals surface area (Å²) in [5.74, 6) is -1.28. The molecule has 2 heterocycles. The Kier molecular flexibility index (Phi) is 7.95.